The summed E-state index contributed by atoms with van der Waals surface area (Å²) in [6.07, 6.45) is 0.538. The molecule has 2 heterocycles. The highest BCUT2D eigenvalue weighted by molar-refractivity contribution is 5.31. The monoisotopic (exact) mass is 194 g/mol. The van der Waals surface area contributed by atoms with Crippen molar-refractivity contribution in [2.45, 2.75) is 26.4 Å². The zero-order chi connectivity index (χ0) is 10.1. The molecule has 0 bridgehead atoms. The number of aromatic nitrogens is 3. The van der Waals surface area contributed by atoms with Crippen LogP contribution >= 0.6 is 0 Å². The number of nitrogens with zero attached hydrogens (tertiary/aromatic N) is 4. The summed E-state index contributed by atoms with van der Waals surface area (Å²) in [6.45, 7) is 5.23. The molecule has 0 spiro atoms. The van der Waals surface area contributed by atoms with Crippen LogP contribution < -0.4 is 4.90 Å². The highest BCUT2D eigenvalue weighted by Crippen LogP contribution is 2.15. The van der Waals surface area contributed by atoms with Crippen LogP contribution in [0.1, 0.15) is 17.8 Å². The lowest BCUT2D eigenvalue weighted by molar-refractivity contribution is 0.198. The smallest absolute Gasteiger partial charge is 0.245 e. The first-order chi connectivity index (χ1) is 6.66. The van der Waals surface area contributed by atoms with Crippen molar-refractivity contribution in [1.29, 1.82) is 0 Å². The van der Waals surface area contributed by atoms with Gasteiger partial charge >= 0.3 is 0 Å². The van der Waals surface area contributed by atoms with E-state index in [4.69, 9.17) is 0 Å². The van der Waals surface area contributed by atoms with Gasteiger partial charge in [0.05, 0.1) is 17.5 Å². The van der Waals surface area contributed by atoms with Gasteiger partial charge in [-0.1, -0.05) is 0 Å². The first-order valence-electron chi connectivity index (χ1n) is 4.78. The molecule has 0 unspecified atom stereocenters. The van der Waals surface area contributed by atoms with Crippen molar-refractivity contribution in [3.8, 4) is 0 Å². The largest absolute Gasteiger partial charge is 0.391 e. The predicted molar refractivity (Wildman–Crippen MR) is 52.1 cm³/mol. The average Bonchev–Trinajstić information content (AvgIpc) is 2.57. The first-order valence-corrected chi connectivity index (χ1v) is 4.78. The van der Waals surface area contributed by atoms with Crippen LogP contribution in [0.3, 0.4) is 0 Å². The maximum atomic E-state index is 9.37. The molecule has 1 aromatic heterocycles. The van der Waals surface area contributed by atoms with E-state index in [0.29, 0.717) is 12.5 Å². The van der Waals surface area contributed by atoms with Gasteiger partial charge in [-0.2, -0.15) is 5.10 Å². The van der Waals surface area contributed by atoms with Gasteiger partial charge in [0.1, 0.15) is 0 Å². The second-order valence-corrected chi connectivity index (χ2v) is 3.67. The summed E-state index contributed by atoms with van der Waals surface area (Å²) in [7, 11) is 0. The number of hydrogen-bond donors (Lipinski definition) is 1. The lowest BCUT2D eigenvalue weighted by Gasteiger charge is -2.14. The average molecular weight is 194 g/mol. The van der Waals surface area contributed by atoms with E-state index in [0.717, 1.165) is 24.4 Å². The predicted octanol–water partition coefficient (Wildman–Crippen LogP) is 0.0594. The fourth-order valence-corrected chi connectivity index (χ4v) is 1.50. The van der Waals surface area contributed by atoms with Crippen molar-refractivity contribution in [1.82, 2.24) is 15.2 Å². The number of aliphatic hydroxyl groups is 1. The van der Waals surface area contributed by atoms with Gasteiger partial charge in [0.15, 0.2) is 0 Å². The van der Waals surface area contributed by atoms with Crippen LogP contribution in [-0.4, -0.2) is 39.5 Å². The number of hydrogen-bond acceptors (Lipinski definition) is 5. The Kier molecular flexibility index (Phi) is 2.33. The Bertz CT molecular complexity index is 342. The molecule has 14 heavy (non-hydrogen) atoms. The molecule has 5 nitrogen and oxygen atoms in total. The number of β-amino-alcohol motifs (C(OH)–C–C–N with tert-alkyl or cyclic N) is 1. The molecule has 1 N–H and O–H groups in total. The van der Waals surface area contributed by atoms with Crippen LogP contribution in [0.4, 0.5) is 5.95 Å². The van der Waals surface area contributed by atoms with Crippen LogP contribution in [0.5, 0.6) is 0 Å². The second kappa shape index (κ2) is 3.49. The maximum absolute atomic E-state index is 9.37. The van der Waals surface area contributed by atoms with Crippen LogP contribution in [-0.2, 0) is 0 Å². The van der Waals surface area contributed by atoms with Crippen LogP contribution in [0.2, 0.25) is 0 Å². The topological polar surface area (TPSA) is 62.1 Å². The molecule has 2 rings (SSSR count). The van der Waals surface area contributed by atoms with Gasteiger partial charge < -0.3 is 10.0 Å². The highest BCUT2D eigenvalue weighted by Gasteiger charge is 2.22. The van der Waals surface area contributed by atoms with E-state index in [-0.39, 0.29) is 6.10 Å². The van der Waals surface area contributed by atoms with Gasteiger partial charge in [-0.3, -0.25) is 0 Å². The maximum Gasteiger partial charge on any atom is 0.245 e. The molecule has 0 aliphatic carbocycles. The first kappa shape index (κ1) is 9.33. The number of aliphatic hydroxyl groups excluding tert-OH is 1. The summed E-state index contributed by atoms with van der Waals surface area (Å²) in [5.41, 5.74) is 1.75. The van der Waals surface area contributed by atoms with Gasteiger partial charge in [-0.15, -0.1) is 5.10 Å². The van der Waals surface area contributed by atoms with E-state index in [1.165, 1.54) is 0 Å². The molecule has 1 atom stereocenters. The Hall–Kier alpha value is -1.23. The van der Waals surface area contributed by atoms with E-state index in [2.05, 4.69) is 15.2 Å². The minimum absolute atomic E-state index is 0.250. The number of aryl methyl sites for hydroxylation is 2. The zero-order valence-electron chi connectivity index (χ0n) is 8.43. The molecule has 0 amide bonds. The molecular weight excluding hydrogens is 180 g/mol. The SMILES string of the molecule is Cc1nnc(N2CC[C@H](O)C2)nc1C. The van der Waals surface area contributed by atoms with Gasteiger partial charge in [0.25, 0.3) is 0 Å². The molecule has 5 heteroatoms. The van der Waals surface area contributed by atoms with E-state index >= 15 is 0 Å². The molecule has 0 radical (unpaired) electrons. The Labute approximate surface area is 82.8 Å². The third kappa shape index (κ3) is 1.68. The Balaban J connectivity index is 2.20. The summed E-state index contributed by atoms with van der Waals surface area (Å²) in [6, 6.07) is 0. The summed E-state index contributed by atoms with van der Waals surface area (Å²) in [4.78, 5) is 6.29. The summed E-state index contributed by atoms with van der Waals surface area (Å²) >= 11 is 0. The van der Waals surface area contributed by atoms with E-state index in [1.807, 2.05) is 18.7 Å². The molecule has 1 fully saturated rings. The molecule has 0 saturated carbocycles. The van der Waals surface area contributed by atoms with Crippen molar-refractivity contribution >= 4 is 5.95 Å². The molecule has 1 aliphatic heterocycles. The minimum atomic E-state index is -0.250. The quantitative estimate of drug-likeness (QED) is 0.685. The standard InChI is InChI=1S/C9H14N4O/c1-6-7(2)11-12-9(10-6)13-4-3-8(14)5-13/h8,14H,3-5H2,1-2H3/t8-/m0/s1. The van der Waals surface area contributed by atoms with E-state index < -0.39 is 0 Å². The van der Waals surface area contributed by atoms with Crippen molar-refractivity contribution in [3.63, 3.8) is 0 Å². The van der Waals surface area contributed by atoms with Crippen LogP contribution in [0.25, 0.3) is 0 Å². The summed E-state index contributed by atoms with van der Waals surface area (Å²) in [5, 5.41) is 17.4. The van der Waals surface area contributed by atoms with Gasteiger partial charge in [-0.05, 0) is 20.3 Å². The third-order valence-electron chi connectivity index (χ3n) is 2.53. The summed E-state index contributed by atoms with van der Waals surface area (Å²) < 4.78 is 0. The molecule has 0 aromatic carbocycles. The van der Waals surface area contributed by atoms with Crippen molar-refractivity contribution < 1.29 is 5.11 Å². The zero-order valence-corrected chi connectivity index (χ0v) is 8.43. The lowest BCUT2D eigenvalue weighted by Crippen LogP contribution is -2.24. The van der Waals surface area contributed by atoms with E-state index in [9.17, 15) is 5.11 Å². The van der Waals surface area contributed by atoms with Crippen molar-refractivity contribution in [2.75, 3.05) is 18.0 Å². The third-order valence-corrected chi connectivity index (χ3v) is 2.53. The Morgan fingerprint density at radius 2 is 2.07 bits per heavy atom. The molecular formula is C9H14N4O. The highest BCUT2D eigenvalue weighted by atomic mass is 16.3. The Morgan fingerprint density at radius 1 is 1.29 bits per heavy atom. The minimum Gasteiger partial charge on any atom is -0.391 e. The molecule has 1 aliphatic rings. The molecule has 1 aromatic rings. The molecule has 1 saturated heterocycles. The number of anilines is 1. The van der Waals surface area contributed by atoms with Crippen molar-refractivity contribution in [2.24, 2.45) is 0 Å². The van der Waals surface area contributed by atoms with Crippen LogP contribution in [0, 0.1) is 13.8 Å². The fourth-order valence-electron chi connectivity index (χ4n) is 1.50. The van der Waals surface area contributed by atoms with Gasteiger partial charge in [0.2, 0.25) is 5.95 Å². The van der Waals surface area contributed by atoms with Gasteiger partial charge in [-0.25, -0.2) is 4.98 Å². The fraction of sp³-hybridized carbons (Fsp3) is 0.667. The Morgan fingerprint density at radius 3 is 2.64 bits per heavy atom. The van der Waals surface area contributed by atoms with Crippen molar-refractivity contribution in [3.05, 3.63) is 11.4 Å². The molecule has 76 valence electrons. The normalized spacial score (nSPS) is 21.6. The summed E-state index contributed by atoms with van der Waals surface area (Å²) in [5.74, 6) is 0.629. The van der Waals surface area contributed by atoms with Gasteiger partial charge in [0, 0.05) is 13.1 Å². The number of rotatable bonds is 1. The van der Waals surface area contributed by atoms with E-state index in [1.54, 1.807) is 0 Å². The second-order valence-electron chi connectivity index (χ2n) is 3.67. The van der Waals surface area contributed by atoms with Crippen LogP contribution in [0.15, 0.2) is 0 Å². The lowest BCUT2D eigenvalue weighted by atomic mass is 10.3.